The summed E-state index contributed by atoms with van der Waals surface area (Å²) in [5.74, 6) is 0.970. The van der Waals surface area contributed by atoms with Crippen molar-refractivity contribution in [3.8, 4) is 11.5 Å². The quantitative estimate of drug-likeness (QED) is 0.870. The van der Waals surface area contributed by atoms with Gasteiger partial charge in [-0.05, 0) is 24.6 Å². The first kappa shape index (κ1) is 15.4. The normalized spacial score (nSPS) is 11.9. The highest BCUT2D eigenvalue weighted by Crippen LogP contribution is 2.29. The average Bonchev–Trinajstić information content (AvgIpc) is 2.49. The van der Waals surface area contributed by atoms with E-state index >= 15 is 0 Å². The van der Waals surface area contributed by atoms with Gasteiger partial charge in [0.1, 0.15) is 17.3 Å². The Morgan fingerprint density at radius 3 is 2.19 bits per heavy atom. The zero-order valence-corrected chi connectivity index (χ0v) is 12.9. The summed E-state index contributed by atoms with van der Waals surface area (Å²) in [5.41, 5.74) is 1.74. The molecule has 5 heteroatoms. The van der Waals surface area contributed by atoms with Crippen LogP contribution in [0.1, 0.15) is 18.5 Å². The van der Waals surface area contributed by atoms with Gasteiger partial charge in [-0.15, -0.1) is 0 Å². The third-order valence-electron chi connectivity index (χ3n) is 3.18. The van der Waals surface area contributed by atoms with Crippen molar-refractivity contribution in [2.45, 2.75) is 13.0 Å². The van der Waals surface area contributed by atoms with Gasteiger partial charge in [-0.1, -0.05) is 17.7 Å². The highest BCUT2D eigenvalue weighted by Gasteiger charge is 2.10. The van der Waals surface area contributed by atoms with E-state index in [4.69, 9.17) is 21.1 Å². The molecular formula is C16H17ClFNO2. The van der Waals surface area contributed by atoms with Crippen molar-refractivity contribution in [2.24, 2.45) is 0 Å². The summed E-state index contributed by atoms with van der Waals surface area (Å²) in [6.07, 6.45) is 0. The van der Waals surface area contributed by atoms with Gasteiger partial charge in [-0.3, -0.25) is 0 Å². The number of ether oxygens (including phenoxy) is 2. The van der Waals surface area contributed by atoms with E-state index in [9.17, 15) is 4.39 Å². The summed E-state index contributed by atoms with van der Waals surface area (Å²) in [5, 5.41) is 3.43. The minimum Gasteiger partial charge on any atom is -0.497 e. The van der Waals surface area contributed by atoms with Crippen molar-refractivity contribution in [1.82, 2.24) is 0 Å². The second kappa shape index (κ2) is 6.68. The van der Waals surface area contributed by atoms with Crippen molar-refractivity contribution < 1.29 is 13.9 Å². The predicted molar refractivity (Wildman–Crippen MR) is 83.0 cm³/mol. The molecule has 0 heterocycles. The van der Waals surface area contributed by atoms with Crippen molar-refractivity contribution in [1.29, 1.82) is 0 Å². The lowest BCUT2D eigenvalue weighted by Gasteiger charge is -2.17. The maximum Gasteiger partial charge on any atom is 0.141 e. The number of anilines is 1. The molecule has 0 spiro atoms. The van der Waals surface area contributed by atoms with E-state index in [0.717, 1.165) is 11.3 Å². The van der Waals surface area contributed by atoms with Gasteiger partial charge in [0.2, 0.25) is 0 Å². The lowest BCUT2D eigenvalue weighted by Crippen LogP contribution is -2.07. The van der Waals surface area contributed by atoms with E-state index in [2.05, 4.69) is 5.32 Å². The molecule has 2 rings (SSSR count). The number of hydrogen-bond donors (Lipinski definition) is 1. The molecule has 0 radical (unpaired) electrons. The molecule has 0 amide bonds. The van der Waals surface area contributed by atoms with Crippen LogP contribution in [0.5, 0.6) is 11.5 Å². The topological polar surface area (TPSA) is 30.5 Å². The Morgan fingerprint density at radius 2 is 1.67 bits per heavy atom. The van der Waals surface area contributed by atoms with E-state index in [1.165, 1.54) is 6.07 Å². The molecule has 1 atom stereocenters. The highest BCUT2D eigenvalue weighted by molar-refractivity contribution is 6.30. The molecule has 1 unspecified atom stereocenters. The van der Waals surface area contributed by atoms with Gasteiger partial charge in [0.25, 0.3) is 0 Å². The summed E-state index contributed by atoms with van der Waals surface area (Å²) < 4.78 is 23.7. The fourth-order valence-electron chi connectivity index (χ4n) is 2.01. The lowest BCUT2D eigenvalue weighted by molar-refractivity contribution is 0.394. The lowest BCUT2D eigenvalue weighted by atomic mass is 10.1. The highest BCUT2D eigenvalue weighted by atomic mass is 35.5. The van der Waals surface area contributed by atoms with Gasteiger partial charge in [0.15, 0.2) is 0 Å². The van der Waals surface area contributed by atoms with Crippen LogP contribution in [0.2, 0.25) is 5.02 Å². The smallest absolute Gasteiger partial charge is 0.141 e. The largest absolute Gasteiger partial charge is 0.497 e. The number of nitrogens with one attached hydrogen (secondary N) is 1. The Bertz CT molecular complexity index is 611. The Labute approximate surface area is 128 Å². The standard InChI is InChI=1S/C16H17ClFNO2/c1-10(11-4-5-16(18)15(17)6-11)19-12-7-13(20-2)9-14(8-12)21-3/h4-10,19H,1-3H3. The maximum atomic E-state index is 13.2. The minimum atomic E-state index is -0.421. The molecule has 0 bridgehead atoms. The summed E-state index contributed by atoms with van der Waals surface area (Å²) in [4.78, 5) is 0. The zero-order valence-electron chi connectivity index (χ0n) is 12.1. The van der Waals surface area contributed by atoms with Crippen LogP contribution in [0.25, 0.3) is 0 Å². The molecule has 2 aromatic carbocycles. The molecule has 21 heavy (non-hydrogen) atoms. The van der Waals surface area contributed by atoms with E-state index in [1.807, 2.05) is 19.1 Å². The number of benzene rings is 2. The summed E-state index contributed by atoms with van der Waals surface area (Å²) in [6, 6.07) is 10.2. The molecule has 0 saturated heterocycles. The minimum absolute atomic E-state index is 0.0417. The molecular weight excluding hydrogens is 293 g/mol. The van der Waals surface area contributed by atoms with E-state index < -0.39 is 5.82 Å². The van der Waals surface area contributed by atoms with Crippen LogP contribution >= 0.6 is 11.6 Å². The molecule has 0 saturated carbocycles. The van der Waals surface area contributed by atoms with Gasteiger partial charge >= 0.3 is 0 Å². The Kier molecular flexibility index (Phi) is 4.91. The van der Waals surface area contributed by atoms with Crippen LogP contribution in [0.4, 0.5) is 10.1 Å². The second-order valence-electron chi connectivity index (χ2n) is 4.64. The zero-order chi connectivity index (χ0) is 15.4. The van der Waals surface area contributed by atoms with Crippen LogP contribution in [-0.4, -0.2) is 14.2 Å². The fourth-order valence-corrected chi connectivity index (χ4v) is 2.19. The molecule has 0 aliphatic rings. The van der Waals surface area contributed by atoms with Crippen LogP contribution in [0.15, 0.2) is 36.4 Å². The van der Waals surface area contributed by atoms with Gasteiger partial charge in [0, 0.05) is 29.9 Å². The molecule has 3 nitrogen and oxygen atoms in total. The first-order valence-corrected chi connectivity index (χ1v) is 6.86. The fraction of sp³-hybridized carbons (Fsp3) is 0.250. The van der Waals surface area contributed by atoms with Gasteiger partial charge in [-0.2, -0.15) is 0 Å². The van der Waals surface area contributed by atoms with Crippen LogP contribution in [0, 0.1) is 5.82 Å². The van der Waals surface area contributed by atoms with Gasteiger partial charge < -0.3 is 14.8 Å². The number of rotatable bonds is 5. The van der Waals surface area contributed by atoms with Crippen molar-refractivity contribution >= 4 is 17.3 Å². The Balaban J connectivity index is 2.22. The number of hydrogen-bond acceptors (Lipinski definition) is 3. The van der Waals surface area contributed by atoms with Crippen LogP contribution < -0.4 is 14.8 Å². The Morgan fingerprint density at radius 1 is 1.05 bits per heavy atom. The van der Waals surface area contributed by atoms with E-state index in [-0.39, 0.29) is 11.1 Å². The molecule has 0 aliphatic carbocycles. The Hall–Kier alpha value is -1.94. The monoisotopic (exact) mass is 309 g/mol. The third-order valence-corrected chi connectivity index (χ3v) is 3.47. The van der Waals surface area contributed by atoms with Crippen molar-refractivity contribution in [2.75, 3.05) is 19.5 Å². The van der Waals surface area contributed by atoms with Crippen LogP contribution in [-0.2, 0) is 0 Å². The van der Waals surface area contributed by atoms with Gasteiger partial charge in [-0.25, -0.2) is 4.39 Å². The summed E-state index contributed by atoms with van der Waals surface area (Å²) in [6.45, 7) is 1.97. The summed E-state index contributed by atoms with van der Waals surface area (Å²) in [7, 11) is 3.20. The van der Waals surface area contributed by atoms with Crippen molar-refractivity contribution in [3.05, 3.63) is 52.8 Å². The third kappa shape index (κ3) is 3.79. The predicted octanol–water partition coefficient (Wildman–Crippen LogP) is 4.67. The number of methoxy groups -OCH3 is 2. The van der Waals surface area contributed by atoms with Gasteiger partial charge in [0.05, 0.1) is 19.2 Å². The molecule has 0 aliphatic heterocycles. The molecule has 2 aromatic rings. The first-order chi connectivity index (χ1) is 10.0. The summed E-state index contributed by atoms with van der Waals surface area (Å²) >= 11 is 5.81. The van der Waals surface area contributed by atoms with Crippen LogP contribution in [0.3, 0.4) is 0 Å². The SMILES string of the molecule is COc1cc(NC(C)c2ccc(F)c(Cl)c2)cc(OC)c1. The van der Waals surface area contributed by atoms with E-state index in [0.29, 0.717) is 11.5 Å². The first-order valence-electron chi connectivity index (χ1n) is 6.48. The van der Waals surface area contributed by atoms with Crippen molar-refractivity contribution in [3.63, 3.8) is 0 Å². The number of halogens is 2. The maximum absolute atomic E-state index is 13.2. The second-order valence-corrected chi connectivity index (χ2v) is 5.05. The average molecular weight is 310 g/mol. The molecule has 1 N–H and O–H groups in total. The van der Waals surface area contributed by atoms with E-state index in [1.54, 1.807) is 32.4 Å². The molecule has 0 fully saturated rings. The molecule has 112 valence electrons. The molecule has 0 aromatic heterocycles.